The van der Waals surface area contributed by atoms with Gasteiger partial charge in [0.25, 0.3) is 0 Å². The Labute approximate surface area is 184 Å². The zero-order valence-corrected chi connectivity index (χ0v) is 18.7. The monoisotopic (exact) mass is 429 g/mol. The first-order chi connectivity index (χ1) is 15.3. The molecule has 0 spiro atoms. The molecule has 1 fully saturated rings. The lowest BCUT2D eigenvalue weighted by atomic mass is 10.1. The Balaban J connectivity index is 1.48. The molecule has 2 aromatic rings. The zero-order chi connectivity index (χ0) is 21.7. The van der Waals surface area contributed by atoms with Gasteiger partial charge in [-0.05, 0) is 24.1 Å². The molecule has 1 saturated heterocycles. The number of morpholine rings is 1. The number of benzene rings is 1. The molecule has 0 saturated carbocycles. The summed E-state index contributed by atoms with van der Waals surface area (Å²) in [6, 6.07) is 8.19. The fourth-order valence-electron chi connectivity index (χ4n) is 3.45. The number of nitrogens with zero attached hydrogens (tertiary/aromatic N) is 5. The summed E-state index contributed by atoms with van der Waals surface area (Å²) < 4.78 is 12.7. The van der Waals surface area contributed by atoms with Gasteiger partial charge in [0.15, 0.2) is 5.96 Å². The van der Waals surface area contributed by atoms with Gasteiger partial charge in [-0.3, -0.25) is 9.89 Å². The Kier molecular flexibility index (Phi) is 9.59. The molecule has 0 radical (unpaired) electrons. The Bertz CT molecular complexity index is 785. The number of hydrogen-bond acceptors (Lipinski definition) is 6. The lowest BCUT2D eigenvalue weighted by Crippen LogP contribution is -2.41. The normalized spacial score (nSPS) is 15.1. The molecule has 0 bridgehead atoms. The van der Waals surface area contributed by atoms with Crippen molar-refractivity contribution in [1.29, 1.82) is 0 Å². The van der Waals surface area contributed by atoms with Crippen LogP contribution < -0.4 is 15.4 Å². The Morgan fingerprint density at radius 2 is 1.90 bits per heavy atom. The van der Waals surface area contributed by atoms with Crippen LogP contribution in [0.4, 0.5) is 0 Å². The van der Waals surface area contributed by atoms with E-state index in [-0.39, 0.29) is 0 Å². The minimum atomic E-state index is 0.755. The smallest absolute Gasteiger partial charge is 0.191 e. The first-order valence-electron chi connectivity index (χ1n) is 11.1. The molecule has 31 heavy (non-hydrogen) atoms. The zero-order valence-electron chi connectivity index (χ0n) is 18.7. The molecule has 0 aliphatic carbocycles. The lowest BCUT2D eigenvalue weighted by Gasteiger charge is -2.25. The van der Waals surface area contributed by atoms with E-state index in [9.17, 15) is 0 Å². The number of ether oxygens (including phenoxy) is 2. The highest BCUT2D eigenvalue weighted by molar-refractivity contribution is 5.79. The molecule has 1 aromatic carbocycles. The number of rotatable bonds is 11. The maximum atomic E-state index is 5.42. The molecular formula is C22H35N7O2. The summed E-state index contributed by atoms with van der Waals surface area (Å²) in [4.78, 5) is 7.18. The van der Waals surface area contributed by atoms with Crippen LogP contribution in [0.2, 0.25) is 0 Å². The van der Waals surface area contributed by atoms with Crippen molar-refractivity contribution in [2.24, 2.45) is 4.99 Å². The van der Waals surface area contributed by atoms with Crippen LogP contribution in [-0.4, -0.2) is 85.2 Å². The number of hydrogen-bond donors (Lipinski definition) is 2. The minimum Gasteiger partial charge on any atom is -0.497 e. The van der Waals surface area contributed by atoms with Crippen molar-refractivity contribution in [3.05, 3.63) is 42.0 Å². The van der Waals surface area contributed by atoms with E-state index in [4.69, 9.17) is 14.5 Å². The fourth-order valence-corrected chi connectivity index (χ4v) is 3.45. The van der Waals surface area contributed by atoms with Gasteiger partial charge in [-0.1, -0.05) is 19.1 Å². The van der Waals surface area contributed by atoms with E-state index in [2.05, 4.69) is 49.4 Å². The number of guanidine groups is 1. The van der Waals surface area contributed by atoms with Crippen molar-refractivity contribution in [1.82, 2.24) is 30.3 Å². The Hall–Kier alpha value is -2.65. The number of aryl methyl sites for hydroxylation is 1. The molecule has 1 aromatic heterocycles. The average molecular weight is 430 g/mol. The summed E-state index contributed by atoms with van der Waals surface area (Å²) in [6.45, 7) is 9.75. The van der Waals surface area contributed by atoms with Crippen LogP contribution in [0.1, 0.15) is 18.3 Å². The highest BCUT2D eigenvalue weighted by Gasteiger charge is 2.09. The van der Waals surface area contributed by atoms with Crippen molar-refractivity contribution in [2.45, 2.75) is 26.3 Å². The summed E-state index contributed by atoms with van der Waals surface area (Å²) in [5.41, 5.74) is 1.26. The molecule has 3 rings (SSSR count). The number of aromatic nitrogens is 3. The van der Waals surface area contributed by atoms with Crippen LogP contribution in [-0.2, 0) is 24.1 Å². The van der Waals surface area contributed by atoms with Gasteiger partial charge in [0.2, 0.25) is 0 Å². The van der Waals surface area contributed by atoms with Crippen molar-refractivity contribution in [3.63, 3.8) is 0 Å². The van der Waals surface area contributed by atoms with Gasteiger partial charge >= 0.3 is 0 Å². The van der Waals surface area contributed by atoms with Crippen LogP contribution in [0.5, 0.6) is 5.75 Å². The van der Waals surface area contributed by atoms with Gasteiger partial charge in [-0.25, -0.2) is 0 Å². The predicted molar refractivity (Wildman–Crippen MR) is 122 cm³/mol. The summed E-state index contributed by atoms with van der Waals surface area (Å²) >= 11 is 0. The molecule has 0 atom stereocenters. The third-order valence-electron chi connectivity index (χ3n) is 5.31. The van der Waals surface area contributed by atoms with E-state index in [1.807, 2.05) is 12.1 Å². The second kappa shape index (κ2) is 12.9. The van der Waals surface area contributed by atoms with E-state index in [0.717, 1.165) is 89.4 Å². The van der Waals surface area contributed by atoms with Crippen molar-refractivity contribution in [2.75, 3.05) is 59.6 Å². The molecule has 9 nitrogen and oxygen atoms in total. The maximum absolute atomic E-state index is 5.42. The first kappa shape index (κ1) is 23.0. The third kappa shape index (κ3) is 7.84. The minimum absolute atomic E-state index is 0.755. The third-order valence-corrected chi connectivity index (χ3v) is 5.31. The molecule has 1 aliphatic rings. The van der Waals surface area contributed by atoms with Crippen molar-refractivity contribution >= 4 is 5.96 Å². The molecule has 170 valence electrons. The standard InChI is InChI=1S/C22H35N7O2/c1-3-21-27-26-18-29(21)13-11-25-22(24-10-12-28-14-16-31-17-15-28)23-9-8-19-4-6-20(30-2)7-5-19/h4-7,18H,3,8-17H2,1-2H3,(H2,23,24,25). The van der Waals surface area contributed by atoms with Gasteiger partial charge in [0.1, 0.15) is 17.9 Å². The maximum Gasteiger partial charge on any atom is 0.191 e. The van der Waals surface area contributed by atoms with E-state index in [0.29, 0.717) is 0 Å². The largest absolute Gasteiger partial charge is 0.497 e. The summed E-state index contributed by atoms with van der Waals surface area (Å²) in [5, 5.41) is 15.1. The number of nitrogens with one attached hydrogen (secondary N) is 2. The highest BCUT2D eigenvalue weighted by Crippen LogP contribution is 2.11. The van der Waals surface area contributed by atoms with E-state index < -0.39 is 0 Å². The van der Waals surface area contributed by atoms with E-state index >= 15 is 0 Å². The van der Waals surface area contributed by atoms with Gasteiger partial charge in [-0.2, -0.15) is 0 Å². The van der Waals surface area contributed by atoms with E-state index in [1.165, 1.54) is 5.56 Å². The summed E-state index contributed by atoms with van der Waals surface area (Å²) in [7, 11) is 1.69. The van der Waals surface area contributed by atoms with Crippen LogP contribution in [0, 0.1) is 0 Å². The highest BCUT2D eigenvalue weighted by atomic mass is 16.5. The molecule has 0 unspecified atom stereocenters. The molecular weight excluding hydrogens is 394 g/mol. The molecule has 9 heteroatoms. The number of methoxy groups -OCH3 is 1. The van der Waals surface area contributed by atoms with Gasteiger partial charge < -0.3 is 24.7 Å². The summed E-state index contributed by atoms with van der Waals surface area (Å²) in [5.74, 6) is 2.72. The van der Waals surface area contributed by atoms with E-state index in [1.54, 1.807) is 13.4 Å². The Morgan fingerprint density at radius 1 is 1.13 bits per heavy atom. The van der Waals surface area contributed by atoms with Gasteiger partial charge in [-0.15, -0.1) is 10.2 Å². The van der Waals surface area contributed by atoms with Gasteiger partial charge in [0, 0.05) is 45.7 Å². The Morgan fingerprint density at radius 3 is 2.65 bits per heavy atom. The second-order valence-corrected chi connectivity index (χ2v) is 7.43. The summed E-state index contributed by atoms with van der Waals surface area (Å²) in [6.07, 6.45) is 3.58. The average Bonchev–Trinajstić information content (AvgIpc) is 3.27. The fraction of sp³-hybridized carbons (Fsp3) is 0.591. The van der Waals surface area contributed by atoms with Crippen molar-refractivity contribution < 1.29 is 9.47 Å². The lowest BCUT2D eigenvalue weighted by molar-refractivity contribution is 0.0394. The molecule has 2 heterocycles. The predicted octanol–water partition coefficient (Wildman–Crippen LogP) is 0.959. The molecule has 0 amide bonds. The molecule has 1 aliphatic heterocycles. The van der Waals surface area contributed by atoms with Gasteiger partial charge in [0.05, 0.1) is 26.9 Å². The second-order valence-electron chi connectivity index (χ2n) is 7.43. The quantitative estimate of drug-likeness (QED) is 0.406. The van der Waals surface area contributed by atoms with Crippen LogP contribution in [0.15, 0.2) is 35.6 Å². The van der Waals surface area contributed by atoms with Crippen LogP contribution in [0.3, 0.4) is 0 Å². The van der Waals surface area contributed by atoms with Crippen LogP contribution in [0.25, 0.3) is 0 Å². The van der Waals surface area contributed by atoms with Crippen LogP contribution >= 0.6 is 0 Å². The first-order valence-corrected chi connectivity index (χ1v) is 11.1. The SMILES string of the molecule is CCc1nncn1CCNC(=NCCN1CCOCC1)NCCc1ccc(OC)cc1. The topological polar surface area (TPSA) is 88.8 Å². The molecule has 2 N–H and O–H groups in total. The van der Waals surface area contributed by atoms with Crippen molar-refractivity contribution in [3.8, 4) is 5.75 Å². The number of aliphatic imine (C=N–C) groups is 1.